The maximum atomic E-state index is 12.0. The highest BCUT2D eigenvalue weighted by Crippen LogP contribution is 2.33. The average Bonchev–Trinajstić information content (AvgIpc) is 3.13. The Bertz CT molecular complexity index is 307. The Balaban J connectivity index is 1.77. The maximum absolute atomic E-state index is 12.0. The predicted molar refractivity (Wildman–Crippen MR) is 77.2 cm³/mol. The van der Waals surface area contributed by atoms with Crippen molar-refractivity contribution in [2.24, 2.45) is 17.6 Å². The quantitative estimate of drug-likeness (QED) is 0.595. The summed E-state index contributed by atoms with van der Waals surface area (Å²) in [5.74, 6) is 1.21. The first-order chi connectivity index (χ1) is 8.66. The van der Waals surface area contributed by atoms with Crippen molar-refractivity contribution in [3.8, 4) is 0 Å². The smallest absolute Gasteiger partial charge is 0.220 e. The van der Waals surface area contributed by atoms with E-state index in [0.29, 0.717) is 23.2 Å². The molecule has 0 spiro atoms. The van der Waals surface area contributed by atoms with Crippen molar-refractivity contribution in [3.63, 3.8) is 0 Å². The zero-order valence-electron chi connectivity index (χ0n) is 11.0. The summed E-state index contributed by atoms with van der Waals surface area (Å²) in [7, 11) is 0. The summed E-state index contributed by atoms with van der Waals surface area (Å²) in [5.41, 5.74) is 5.70. The first-order valence-electron chi connectivity index (χ1n) is 7.25. The number of nitrogens with one attached hydrogen (secondary N) is 1. The molecule has 1 unspecified atom stereocenters. The van der Waals surface area contributed by atoms with Crippen LogP contribution in [0.4, 0.5) is 0 Å². The van der Waals surface area contributed by atoms with Gasteiger partial charge in [0.25, 0.3) is 0 Å². The van der Waals surface area contributed by atoms with Crippen LogP contribution in [-0.2, 0) is 4.79 Å². The number of thiocarbonyl (C=S) groups is 1. The van der Waals surface area contributed by atoms with Gasteiger partial charge in [-0.3, -0.25) is 4.79 Å². The SMILES string of the molecule is NC(=S)C(NC(=O)CC1CCCCCC1)C1CC1. The van der Waals surface area contributed by atoms with Gasteiger partial charge in [0.05, 0.1) is 11.0 Å². The van der Waals surface area contributed by atoms with E-state index in [9.17, 15) is 4.79 Å². The van der Waals surface area contributed by atoms with Crippen LogP contribution in [0.3, 0.4) is 0 Å². The standard InChI is InChI=1S/C14H24N2OS/c15-14(18)13(11-7-8-11)16-12(17)9-10-5-3-1-2-4-6-10/h10-11,13H,1-9H2,(H2,15,18)(H,16,17). The molecule has 0 heterocycles. The Hall–Kier alpha value is -0.640. The van der Waals surface area contributed by atoms with Crippen molar-refractivity contribution in [2.75, 3.05) is 0 Å². The topological polar surface area (TPSA) is 55.1 Å². The van der Waals surface area contributed by atoms with E-state index >= 15 is 0 Å². The van der Waals surface area contributed by atoms with Crippen LogP contribution in [0.15, 0.2) is 0 Å². The van der Waals surface area contributed by atoms with Gasteiger partial charge >= 0.3 is 0 Å². The molecule has 2 saturated carbocycles. The molecule has 2 aliphatic carbocycles. The van der Waals surface area contributed by atoms with Crippen LogP contribution in [0.1, 0.15) is 57.8 Å². The largest absolute Gasteiger partial charge is 0.392 e. The summed E-state index contributed by atoms with van der Waals surface area (Å²) < 4.78 is 0. The third-order valence-electron chi connectivity index (χ3n) is 4.17. The Kier molecular flexibility index (Phi) is 4.98. The second-order valence-electron chi connectivity index (χ2n) is 5.85. The molecule has 3 N–H and O–H groups in total. The highest BCUT2D eigenvalue weighted by atomic mass is 32.1. The minimum Gasteiger partial charge on any atom is -0.392 e. The van der Waals surface area contributed by atoms with E-state index in [0.717, 1.165) is 12.8 Å². The molecule has 102 valence electrons. The second kappa shape index (κ2) is 6.50. The molecule has 18 heavy (non-hydrogen) atoms. The lowest BCUT2D eigenvalue weighted by molar-refractivity contribution is -0.122. The molecule has 2 aliphatic rings. The molecule has 0 bridgehead atoms. The summed E-state index contributed by atoms with van der Waals surface area (Å²) in [6, 6.07) is -0.0571. The third-order valence-corrected chi connectivity index (χ3v) is 4.42. The second-order valence-corrected chi connectivity index (χ2v) is 6.32. The molecule has 3 nitrogen and oxygen atoms in total. The Morgan fingerprint density at radius 1 is 1.17 bits per heavy atom. The van der Waals surface area contributed by atoms with Crippen molar-refractivity contribution >= 4 is 23.1 Å². The van der Waals surface area contributed by atoms with E-state index in [1.807, 2.05) is 0 Å². The third kappa shape index (κ3) is 4.23. The van der Waals surface area contributed by atoms with Gasteiger partial charge in [-0.1, -0.05) is 37.9 Å². The Morgan fingerprint density at radius 2 is 1.78 bits per heavy atom. The first kappa shape index (κ1) is 13.8. The molecule has 2 fully saturated rings. The highest BCUT2D eigenvalue weighted by molar-refractivity contribution is 7.80. The van der Waals surface area contributed by atoms with E-state index in [1.54, 1.807) is 0 Å². The van der Waals surface area contributed by atoms with Crippen LogP contribution in [0.5, 0.6) is 0 Å². The molecule has 2 rings (SSSR count). The van der Waals surface area contributed by atoms with Gasteiger partial charge in [-0.25, -0.2) is 0 Å². The van der Waals surface area contributed by atoms with Gasteiger partial charge in [0.2, 0.25) is 5.91 Å². The number of nitrogens with two attached hydrogens (primary N) is 1. The van der Waals surface area contributed by atoms with Crippen LogP contribution in [0, 0.1) is 11.8 Å². The fourth-order valence-corrected chi connectivity index (χ4v) is 3.16. The van der Waals surface area contributed by atoms with Crippen LogP contribution in [-0.4, -0.2) is 16.9 Å². The number of amides is 1. The molecule has 0 aromatic carbocycles. The number of carbonyl (C=O) groups is 1. The van der Waals surface area contributed by atoms with Crippen molar-refractivity contribution in [1.82, 2.24) is 5.32 Å². The van der Waals surface area contributed by atoms with Gasteiger partial charge < -0.3 is 11.1 Å². The fraction of sp³-hybridized carbons (Fsp3) is 0.857. The molecular formula is C14H24N2OS. The summed E-state index contributed by atoms with van der Waals surface area (Å²) in [6.45, 7) is 0. The minimum atomic E-state index is -0.0571. The van der Waals surface area contributed by atoms with Gasteiger partial charge in [-0.2, -0.15) is 0 Å². The summed E-state index contributed by atoms with van der Waals surface area (Å²) >= 11 is 5.04. The fourth-order valence-electron chi connectivity index (χ4n) is 2.91. The molecule has 0 aromatic heterocycles. The van der Waals surface area contributed by atoms with Crippen LogP contribution >= 0.6 is 12.2 Å². The maximum Gasteiger partial charge on any atom is 0.220 e. The lowest BCUT2D eigenvalue weighted by Gasteiger charge is -2.19. The van der Waals surface area contributed by atoms with Crippen LogP contribution in [0.25, 0.3) is 0 Å². The molecule has 4 heteroatoms. The number of hydrogen-bond donors (Lipinski definition) is 2. The van der Waals surface area contributed by atoms with Crippen molar-refractivity contribution in [1.29, 1.82) is 0 Å². The average molecular weight is 268 g/mol. The summed E-state index contributed by atoms with van der Waals surface area (Å²) in [6.07, 6.45) is 10.6. The summed E-state index contributed by atoms with van der Waals surface area (Å²) in [5, 5.41) is 3.04. The number of rotatable bonds is 5. The molecule has 0 aromatic rings. The zero-order valence-corrected chi connectivity index (χ0v) is 11.8. The first-order valence-corrected chi connectivity index (χ1v) is 7.66. The summed E-state index contributed by atoms with van der Waals surface area (Å²) in [4.78, 5) is 12.5. The monoisotopic (exact) mass is 268 g/mol. The Morgan fingerprint density at radius 3 is 2.28 bits per heavy atom. The van der Waals surface area contributed by atoms with Gasteiger partial charge in [0.1, 0.15) is 0 Å². The van der Waals surface area contributed by atoms with Gasteiger partial charge in [0.15, 0.2) is 0 Å². The molecule has 0 radical (unpaired) electrons. The van der Waals surface area contributed by atoms with Gasteiger partial charge in [-0.15, -0.1) is 0 Å². The van der Waals surface area contributed by atoms with E-state index in [2.05, 4.69) is 5.32 Å². The van der Waals surface area contributed by atoms with E-state index < -0.39 is 0 Å². The van der Waals surface area contributed by atoms with Crippen molar-refractivity contribution < 1.29 is 4.79 Å². The van der Waals surface area contributed by atoms with Gasteiger partial charge in [0, 0.05) is 6.42 Å². The van der Waals surface area contributed by atoms with E-state index in [4.69, 9.17) is 18.0 Å². The molecule has 0 aliphatic heterocycles. The van der Waals surface area contributed by atoms with Crippen molar-refractivity contribution in [3.05, 3.63) is 0 Å². The normalized spacial score (nSPS) is 23.1. The highest BCUT2D eigenvalue weighted by Gasteiger charge is 2.34. The Labute approximate surface area is 115 Å². The van der Waals surface area contributed by atoms with Crippen LogP contribution in [0.2, 0.25) is 0 Å². The minimum absolute atomic E-state index is 0.0571. The molecular weight excluding hydrogens is 244 g/mol. The molecule has 1 atom stereocenters. The molecule has 0 saturated heterocycles. The van der Waals surface area contributed by atoms with E-state index in [1.165, 1.54) is 38.5 Å². The van der Waals surface area contributed by atoms with Crippen LogP contribution < -0.4 is 11.1 Å². The predicted octanol–water partition coefficient (Wildman–Crippen LogP) is 2.53. The van der Waals surface area contributed by atoms with Gasteiger partial charge in [-0.05, 0) is 37.5 Å². The molecule has 1 amide bonds. The zero-order chi connectivity index (χ0) is 13.0. The van der Waals surface area contributed by atoms with E-state index in [-0.39, 0.29) is 11.9 Å². The number of carbonyl (C=O) groups excluding carboxylic acids is 1. The van der Waals surface area contributed by atoms with Crippen molar-refractivity contribution in [2.45, 2.75) is 63.8 Å². The lowest BCUT2D eigenvalue weighted by Crippen LogP contribution is -2.45. The lowest BCUT2D eigenvalue weighted by atomic mass is 9.96. The number of hydrogen-bond acceptors (Lipinski definition) is 2.